The number of esters is 1. The van der Waals surface area contributed by atoms with Crippen LogP contribution >= 0.6 is 11.6 Å². The lowest BCUT2D eigenvalue weighted by Crippen LogP contribution is -2.30. The largest absolute Gasteiger partial charge is 0.507 e. The monoisotopic (exact) mass is 639 g/mol. The molecule has 0 aliphatic rings. The van der Waals surface area contributed by atoms with Gasteiger partial charge >= 0.3 is 18.3 Å². The van der Waals surface area contributed by atoms with E-state index in [1.165, 1.54) is 54.6 Å². The third kappa shape index (κ3) is 7.49. The minimum Gasteiger partial charge on any atom is -0.507 e. The molecular weight excluding hydrogens is 619 g/mol. The summed E-state index contributed by atoms with van der Waals surface area (Å²) >= 11 is 5.85. The first kappa shape index (κ1) is 32.3. The van der Waals surface area contributed by atoms with Gasteiger partial charge in [-0.1, -0.05) is 48.0 Å². The molecule has 0 saturated heterocycles. The summed E-state index contributed by atoms with van der Waals surface area (Å²) in [6.45, 7) is 0. The second-order valence-electron chi connectivity index (χ2n) is 9.58. The summed E-state index contributed by atoms with van der Waals surface area (Å²) in [7, 11) is 1.11. The molecule has 0 aromatic heterocycles. The van der Waals surface area contributed by atoms with E-state index in [1.807, 2.05) is 0 Å². The lowest BCUT2D eigenvalue weighted by molar-refractivity contribution is -0.143. The Kier molecular flexibility index (Phi) is 9.24. The van der Waals surface area contributed by atoms with Crippen LogP contribution in [0, 0.1) is 5.82 Å². The first-order valence-corrected chi connectivity index (χ1v) is 13.0. The highest BCUT2D eigenvalue weighted by Gasteiger charge is 2.37. The number of methoxy groups -OCH3 is 1. The predicted octanol–water partition coefficient (Wildman–Crippen LogP) is 8.59. The van der Waals surface area contributed by atoms with Crippen molar-refractivity contribution in [2.45, 2.75) is 24.8 Å². The summed E-state index contributed by atoms with van der Waals surface area (Å²) < 4.78 is 98.3. The molecule has 1 amide bonds. The van der Waals surface area contributed by atoms with Gasteiger partial charge in [-0.25, -0.2) is 4.39 Å². The van der Waals surface area contributed by atoms with Crippen LogP contribution in [0.2, 0.25) is 5.02 Å². The topological polar surface area (TPSA) is 75.6 Å². The van der Waals surface area contributed by atoms with Gasteiger partial charge < -0.3 is 15.2 Å². The highest BCUT2D eigenvalue weighted by atomic mass is 35.5. The Balaban J connectivity index is 1.66. The van der Waals surface area contributed by atoms with Gasteiger partial charge in [0.15, 0.2) is 0 Å². The fraction of sp³-hybridized carbons (Fsp3) is 0.161. The number of hydrogen-bond acceptors (Lipinski definition) is 4. The molecule has 0 fully saturated rings. The smallest absolute Gasteiger partial charge is 0.416 e. The van der Waals surface area contributed by atoms with E-state index in [2.05, 4.69) is 5.32 Å². The number of aromatic hydroxyl groups is 1. The number of amides is 1. The minimum absolute atomic E-state index is 0.0109. The maximum absolute atomic E-state index is 13.6. The summed E-state index contributed by atoms with van der Waals surface area (Å²) in [5, 5.41) is 12.8. The van der Waals surface area contributed by atoms with Crippen molar-refractivity contribution >= 4 is 23.5 Å². The number of halogens is 8. The molecule has 0 aliphatic heterocycles. The summed E-state index contributed by atoms with van der Waals surface area (Å²) in [4.78, 5) is 25.4. The number of nitrogens with one attached hydrogen (secondary N) is 1. The second-order valence-corrected chi connectivity index (χ2v) is 9.99. The van der Waals surface area contributed by atoms with Crippen LogP contribution in [0.15, 0.2) is 78.9 Å². The molecule has 1 atom stereocenters. The molecule has 4 aromatic rings. The molecule has 44 heavy (non-hydrogen) atoms. The molecule has 0 aliphatic carbocycles. The van der Waals surface area contributed by atoms with E-state index in [0.717, 1.165) is 13.2 Å². The van der Waals surface area contributed by atoms with Gasteiger partial charge in [-0.05, 0) is 70.3 Å². The molecule has 4 aromatic carbocycles. The van der Waals surface area contributed by atoms with Crippen molar-refractivity contribution in [3.8, 4) is 28.0 Å². The van der Waals surface area contributed by atoms with Crippen molar-refractivity contribution in [1.29, 1.82) is 0 Å². The Bertz CT molecular complexity index is 1670. The standard InChI is InChI=1S/C31H21ClF7NO4/c1-44-28(42)15-26(40-29(43)23-12-18(7-9-27(23)41)19-6-8-25(33)24(32)13-19)17-4-2-16(3-5-17)20-10-21(30(34,35)36)14-22(11-20)31(37,38)39/h2-14,26,41H,15H2,1H3,(H,40,43). The van der Waals surface area contributed by atoms with Crippen LogP contribution in [0.1, 0.15) is 39.5 Å². The summed E-state index contributed by atoms with van der Waals surface area (Å²) in [6.07, 6.45) is -10.5. The van der Waals surface area contributed by atoms with E-state index in [-0.39, 0.29) is 33.3 Å². The molecule has 0 bridgehead atoms. The fourth-order valence-electron chi connectivity index (χ4n) is 4.34. The zero-order valence-electron chi connectivity index (χ0n) is 22.5. The van der Waals surface area contributed by atoms with E-state index in [4.69, 9.17) is 16.3 Å². The Hall–Kier alpha value is -4.58. The SMILES string of the molecule is COC(=O)CC(NC(=O)c1cc(-c2ccc(F)c(Cl)c2)ccc1O)c1ccc(-c2cc(C(F)(F)F)cc(C(F)(F)F)c2)cc1. The maximum Gasteiger partial charge on any atom is 0.416 e. The number of phenols is 1. The average Bonchev–Trinajstić information content (AvgIpc) is 2.97. The zero-order valence-corrected chi connectivity index (χ0v) is 23.2. The van der Waals surface area contributed by atoms with Gasteiger partial charge in [0.25, 0.3) is 5.91 Å². The minimum atomic E-state index is -5.03. The van der Waals surface area contributed by atoms with Gasteiger partial charge in [0.2, 0.25) is 0 Å². The second kappa shape index (κ2) is 12.6. The number of ether oxygens (including phenoxy) is 1. The van der Waals surface area contributed by atoms with Crippen molar-refractivity contribution in [2.75, 3.05) is 7.11 Å². The number of rotatable bonds is 7. The molecule has 0 saturated carbocycles. The number of hydrogen-bond donors (Lipinski definition) is 2. The number of carbonyl (C=O) groups excluding carboxylic acids is 2. The van der Waals surface area contributed by atoms with Gasteiger partial charge in [0, 0.05) is 0 Å². The number of benzene rings is 4. The average molecular weight is 640 g/mol. The quantitative estimate of drug-likeness (QED) is 0.157. The van der Waals surface area contributed by atoms with E-state index in [0.29, 0.717) is 23.3 Å². The van der Waals surface area contributed by atoms with E-state index >= 15 is 0 Å². The Labute approximate surface area is 250 Å². The molecule has 4 rings (SSSR count). The molecule has 230 valence electrons. The summed E-state index contributed by atoms with van der Waals surface area (Å²) in [6, 6.07) is 13.2. The molecule has 2 N–H and O–H groups in total. The molecular formula is C31H21ClF7NO4. The molecule has 13 heteroatoms. The molecule has 1 unspecified atom stereocenters. The highest BCUT2D eigenvalue weighted by molar-refractivity contribution is 6.31. The summed E-state index contributed by atoms with van der Waals surface area (Å²) in [5.41, 5.74) is -2.40. The third-order valence-corrected chi connectivity index (χ3v) is 6.92. The van der Waals surface area contributed by atoms with Crippen LogP contribution in [0.25, 0.3) is 22.3 Å². The van der Waals surface area contributed by atoms with Crippen LogP contribution in [0.4, 0.5) is 30.7 Å². The molecule has 0 heterocycles. The maximum atomic E-state index is 13.6. The van der Waals surface area contributed by atoms with Gasteiger partial charge in [0.1, 0.15) is 11.6 Å². The third-order valence-electron chi connectivity index (χ3n) is 6.63. The lowest BCUT2D eigenvalue weighted by Gasteiger charge is -2.20. The van der Waals surface area contributed by atoms with Crippen LogP contribution in [-0.4, -0.2) is 24.1 Å². The molecule has 0 radical (unpaired) electrons. The fourth-order valence-corrected chi connectivity index (χ4v) is 4.52. The summed E-state index contributed by atoms with van der Waals surface area (Å²) in [5.74, 6) is -2.65. The Morgan fingerprint density at radius 2 is 1.34 bits per heavy atom. The van der Waals surface area contributed by atoms with Crippen LogP contribution in [-0.2, 0) is 21.9 Å². The van der Waals surface area contributed by atoms with Gasteiger partial charge in [-0.15, -0.1) is 0 Å². The first-order valence-electron chi connectivity index (χ1n) is 12.6. The first-order chi connectivity index (χ1) is 20.6. The number of phenolic OH excluding ortho intramolecular Hbond substituents is 1. The molecule has 5 nitrogen and oxygen atoms in total. The Morgan fingerprint density at radius 1 is 0.795 bits per heavy atom. The number of carbonyl (C=O) groups is 2. The predicted molar refractivity (Wildman–Crippen MR) is 147 cm³/mol. The van der Waals surface area contributed by atoms with Gasteiger partial charge in [0.05, 0.1) is 41.3 Å². The van der Waals surface area contributed by atoms with Crippen molar-refractivity contribution in [3.05, 3.63) is 112 Å². The van der Waals surface area contributed by atoms with Gasteiger partial charge in [-0.2, -0.15) is 26.3 Å². The van der Waals surface area contributed by atoms with Crippen LogP contribution in [0.3, 0.4) is 0 Å². The lowest BCUT2D eigenvalue weighted by atomic mass is 9.96. The van der Waals surface area contributed by atoms with Crippen molar-refractivity contribution in [2.24, 2.45) is 0 Å². The zero-order chi connectivity index (χ0) is 32.4. The van der Waals surface area contributed by atoms with E-state index in [1.54, 1.807) is 0 Å². The van der Waals surface area contributed by atoms with Crippen LogP contribution in [0.5, 0.6) is 5.75 Å². The van der Waals surface area contributed by atoms with Crippen LogP contribution < -0.4 is 5.32 Å². The van der Waals surface area contributed by atoms with Gasteiger partial charge in [-0.3, -0.25) is 9.59 Å². The van der Waals surface area contributed by atoms with Crippen molar-refractivity contribution in [1.82, 2.24) is 5.32 Å². The van der Waals surface area contributed by atoms with Crippen molar-refractivity contribution < 1.29 is 50.2 Å². The highest BCUT2D eigenvalue weighted by Crippen LogP contribution is 2.39. The van der Waals surface area contributed by atoms with E-state index in [9.17, 15) is 45.4 Å². The normalized spacial score (nSPS) is 12.5. The van der Waals surface area contributed by atoms with E-state index < -0.39 is 59.4 Å². The number of alkyl halides is 6. The Morgan fingerprint density at radius 3 is 1.89 bits per heavy atom. The molecule has 0 spiro atoms. The van der Waals surface area contributed by atoms with Crippen molar-refractivity contribution in [3.63, 3.8) is 0 Å².